The maximum Gasteiger partial charge on any atom is 0.332 e. The largest absolute Gasteiger partial charge is 0.380 e. The number of benzene rings is 1. The third-order valence-corrected chi connectivity index (χ3v) is 1.76. The van der Waals surface area contributed by atoms with Gasteiger partial charge in [0.15, 0.2) is 5.84 Å². The second kappa shape index (κ2) is 5.11. The summed E-state index contributed by atoms with van der Waals surface area (Å²) in [5.41, 5.74) is 12.7. The van der Waals surface area contributed by atoms with Crippen LogP contribution in [0, 0.1) is 0 Å². The first-order chi connectivity index (χ1) is 7.13. The zero-order valence-electron chi connectivity index (χ0n) is 8.43. The van der Waals surface area contributed by atoms with Crippen molar-refractivity contribution in [3.05, 3.63) is 35.4 Å². The molecule has 80 valence electrons. The predicted octanol–water partition coefficient (Wildman–Crippen LogP) is 0.329. The number of carbonyl (C=O) groups excluding carboxylic acids is 1. The summed E-state index contributed by atoms with van der Waals surface area (Å²) in [5, 5.41) is 3.46. The van der Waals surface area contributed by atoms with Gasteiger partial charge in [-0.15, -0.1) is 0 Å². The van der Waals surface area contributed by atoms with Gasteiger partial charge in [-0.05, 0) is 5.56 Å². The van der Waals surface area contributed by atoms with E-state index < -0.39 is 5.97 Å². The van der Waals surface area contributed by atoms with Crippen LogP contribution in [0.5, 0.6) is 0 Å². The van der Waals surface area contributed by atoms with Gasteiger partial charge in [0.05, 0.1) is 0 Å². The van der Waals surface area contributed by atoms with Crippen molar-refractivity contribution in [3.63, 3.8) is 0 Å². The van der Waals surface area contributed by atoms with Crippen molar-refractivity contribution in [3.8, 4) is 0 Å². The average molecular weight is 207 g/mol. The maximum atomic E-state index is 10.5. The molecule has 1 aromatic rings. The van der Waals surface area contributed by atoms with Gasteiger partial charge in [-0.1, -0.05) is 29.4 Å². The molecule has 0 fully saturated rings. The lowest BCUT2D eigenvalue weighted by atomic mass is 10.1. The lowest BCUT2D eigenvalue weighted by Gasteiger charge is -2.01. The van der Waals surface area contributed by atoms with Crippen LogP contribution in [-0.4, -0.2) is 11.8 Å². The molecule has 0 aliphatic heterocycles. The van der Waals surface area contributed by atoms with Gasteiger partial charge in [-0.2, -0.15) is 0 Å². The standard InChI is InChI=1S/C10H13N3O2/c1-7(14)15-13-10(12)9-4-2-8(6-11)3-5-9/h2-5H,6,11H2,1H3,(H2,12,13). The van der Waals surface area contributed by atoms with E-state index in [2.05, 4.69) is 9.99 Å². The Hall–Kier alpha value is -1.88. The highest BCUT2D eigenvalue weighted by Gasteiger charge is 1.99. The van der Waals surface area contributed by atoms with E-state index in [4.69, 9.17) is 11.5 Å². The highest BCUT2D eigenvalue weighted by Crippen LogP contribution is 2.03. The van der Waals surface area contributed by atoms with Gasteiger partial charge in [0.2, 0.25) is 0 Å². The third-order valence-electron chi connectivity index (χ3n) is 1.76. The van der Waals surface area contributed by atoms with E-state index >= 15 is 0 Å². The Morgan fingerprint density at radius 1 is 1.40 bits per heavy atom. The molecular formula is C10H13N3O2. The first-order valence-electron chi connectivity index (χ1n) is 4.44. The van der Waals surface area contributed by atoms with Crippen LogP contribution in [0.25, 0.3) is 0 Å². The Labute approximate surface area is 87.7 Å². The molecule has 5 nitrogen and oxygen atoms in total. The summed E-state index contributed by atoms with van der Waals surface area (Å²) in [6.07, 6.45) is 0. The van der Waals surface area contributed by atoms with E-state index in [1.807, 2.05) is 12.1 Å². The third kappa shape index (κ3) is 3.40. The van der Waals surface area contributed by atoms with Crippen LogP contribution >= 0.6 is 0 Å². The highest BCUT2D eigenvalue weighted by molar-refractivity contribution is 5.97. The van der Waals surface area contributed by atoms with Crippen LogP contribution in [0.2, 0.25) is 0 Å². The molecule has 0 atom stereocenters. The fraction of sp³-hybridized carbons (Fsp3) is 0.200. The van der Waals surface area contributed by atoms with Crippen LogP contribution in [0.15, 0.2) is 29.4 Å². The van der Waals surface area contributed by atoms with Gasteiger partial charge in [0.1, 0.15) is 0 Å². The van der Waals surface area contributed by atoms with Crippen LogP contribution in [0.3, 0.4) is 0 Å². The van der Waals surface area contributed by atoms with E-state index in [-0.39, 0.29) is 5.84 Å². The van der Waals surface area contributed by atoms with E-state index in [9.17, 15) is 4.79 Å². The molecule has 0 radical (unpaired) electrons. The fourth-order valence-corrected chi connectivity index (χ4v) is 0.978. The molecule has 0 aromatic heterocycles. The SMILES string of the molecule is CC(=O)ON=C(N)c1ccc(CN)cc1. The van der Waals surface area contributed by atoms with E-state index in [1.54, 1.807) is 12.1 Å². The second-order valence-corrected chi connectivity index (χ2v) is 2.96. The molecule has 0 unspecified atom stereocenters. The topological polar surface area (TPSA) is 90.7 Å². The number of hydrogen-bond donors (Lipinski definition) is 2. The van der Waals surface area contributed by atoms with Gasteiger partial charge in [-0.3, -0.25) is 0 Å². The molecule has 1 aromatic carbocycles. The summed E-state index contributed by atoms with van der Waals surface area (Å²) in [4.78, 5) is 14.9. The molecule has 0 bridgehead atoms. The second-order valence-electron chi connectivity index (χ2n) is 2.96. The summed E-state index contributed by atoms with van der Waals surface area (Å²) in [7, 11) is 0. The van der Waals surface area contributed by atoms with E-state index in [0.29, 0.717) is 12.1 Å². The first kappa shape index (κ1) is 11.2. The lowest BCUT2D eigenvalue weighted by Crippen LogP contribution is -2.14. The molecular weight excluding hydrogens is 194 g/mol. The molecule has 0 saturated carbocycles. The zero-order chi connectivity index (χ0) is 11.3. The Balaban J connectivity index is 2.77. The van der Waals surface area contributed by atoms with Gasteiger partial charge in [-0.25, -0.2) is 4.79 Å². The molecule has 0 saturated heterocycles. The maximum absolute atomic E-state index is 10.5. The minimum absolute atomic E-state index is 0.161. The Morgan fingerprint density at radius 3 is 2.47 bits per heavy atom. The van der Waals surface area contributed by atoms with Crippen molar-refractivity contribution in [1.29, 1.82) is 0 Å². The van der Waals surface area contributed by atoms with E-state index in [0.717, 1.165) is 5.56 Å². The van der Waals surface area contributed by atoms with Crippen LogP contribution < -0.4 is 11.5 Å². The van der Waals surface area contributed by atoms with Gasteiger partial charge in [0.25, 0.3) is 0 Å². The highest BCUT2D eigenvalue weighted by atomic mass is 16.7. The monoisotopic (exact) mass is 207 g/mol. The van der Waals surface area contributed by atoms with Gasteiger partial charge in [0, 0.05) is 19.0 Å². The summed E-state index contributed by atoms with van der Waals surface area (Å²) < 4.78 is 0. The lowest BCUT2D eigenvalue weighted by molar-refractivity contribution is -0.140. The summed E-state index contributed by atoms with van der Waals surface area (Å²) >= 11 is 0. The number of nitrogens with zero attached hydrogens (tertiary/aromatic N) is 1. The van der Waals surface area contributed by atoms with Crippen LogP contribution in [0.1, 0.15) is 18.1 Å². The Bertz CT molecular complexity index is 371. The average Bonchev–Trinajstić information content (AvgIpc) is 2.26. The van der Waals surface area contributed by atoms with Crippen molar-refractivity contribution in [1.82, 2.24) is 0 Å². The quantitative estimate of drug-likeness (QED) is 0.323. The molecule has 0 amide bonds. The molecule has 0 spiro atoms. The predicted molar refractivity (Wildman–Crippen MR) is 56.8 cm³/mol. The Morgan fingerprint density at radius 2 is 2.00 bits per heavy atom. The van der Waals surface area contributed by atoms with Crippen molar-refractivity contribution >= 4 is 11.8 Å². The number of oxime groups is 1. The molecule has 0 aliphatic carbocycles. The fourth-order valence-electron chi connectivity index (χ4n) is 0.978. The number of nitrogens with two attached hydrogens (primary N) is 2. The number of carbonyl (C=O) groups is 1. The zero-order valence-corrected chi connectivity index (χ0v) is 8.43. The summed E-state index contributed by atoms with van der Waals surface area (Å²) in [6.45, 7) is 1.73. The number of amidine groups is 1. The minimum atomic E-state index is -0.503. The molecule has 0 heterocycles. The molecule has 0 aliphatic rings. The molecule has 1 rings (SSSR count). The smallest absolute Gasteiger partial charge is 0.332 e. The molecule has 15 heavy (non-hydrogen) atoms. The number of hydrogen-bond acceptors (Lipinski definition) is 4. The van der Waals surface area contributed by atoms with Crippen molar-refractivity contribution in [2.45, 2.75) is 13.5 Å². The van der Waals surface area contributed by atoms with Crippen molar-refractivity contribution in [2.75, 3.05) is 0 Å². The number of rotatable bonds is 3. The van der Waals surface area contributed by atoms with E-state index in [1.165, 1.54) is 6.92 Å². The van der Waals surface area contributed by atoms with Crippen LogP contribution in [-0.2, 0) is 16.2 Å². The van der Waals surface area contributed by atoms with Crippen LogP contribution in [0.4, 0.5) is 0 Å². The minimum Gasteiger partial charge on any atom is -0.380 e. The van der Waals surface area contributed by atoms with Crippen molar-refractivity contribution < 1.29 is 9.63 Å². The summed E-state index contributed by atoms with van der Waals surface area (Å²) in [6, 6.07) is 7.21. The van der Waals surface area contributed by atoms with Crippen molar-refractivity contribution in [2.24, 2.45) is 16.6 Å². The molecule has 4 N–H and O–H groups in total. The van der Waals surface area contributed by atoms with Gasteiger partial charge < -0.3 is 16.3 Å². The normalized spacial score (nSPS) is 11.2. The van der Waals surface area contributed by atoms with Gasteiger partial charge >= 0.3 is 5.97 Å². The molecule has 5 heteroatoms. The Kier molecular flexibility index (Phi) is 3.82. The first-order valence-corrected chi connectivity index (χ1v) is 4.44. The summed E-state index contributed by atoms with van der Waals surface area (Å²) in [5.74, 6) is -0.342.